The summed E-state index contributed by atoms with van der Waals surface area (Å²) in [6.07, 6.45) is 0. The van der Waals surface area contributed by atoms with Gasteiger partial charge in [-0.25, -0.2) is 14.3 Å². The molecule has 0 aliphatic carbocycles. The third-order valence-electron chi connectivity index (χ3n) is 2.63. The molecule has 0 bridgehead atoms. The Balaban J connectivity index is 2.45. The Bertz CT molecular complexity index is 931. The summed E-state index contributed by atoms with van der Waals surface area (Å²) in [5.41, 5.74) is 0.00281. The van der Waals surface area contributed by atoms with Crippen LogP contribution in [0.4, 0.5) is 0 Å². The molecule has 0 aliphatic rings. The monoisotopic (exact) mass is 255 g/mol. The fourth-order valence-electron chi connectivity index (χ4n) is 1.76. The number of carboxylic acid groups (broad SMARTS) is 1. The summed E-state index contributed by atoms with van der Waals surface area (Å²) in [5.74, 6) is -0.950. The quantitative estimate of drug-likeness (QED) is 0.637. The highest BCUT2D eigenvalue weighted by Gasteiger charge is 2.12. The molecule has 0 fully saturated rings. The van der Waals surface area contributed by atoms with Gasteiger partial charge in [0.1, 0.15) is 6.07 Å². The van der Waals surface area contributed by atoms with Gasteiger partial charge in [0, 0.05) is 0 Å². The maximum absolute atomic E-state index is 11.5. The van der Waals surface area contributed by atoms with Gasteiger partial charge in [0.15, 0.2) is 0 Å². The van der Waals surface area contributed by atoms with Crippen LogP contribution in [-0.2, 0) is 0 Å². The number of aromatic amines is 1. The molecule has 1 aromatic carbocycles. The number of hydrogen-bond acceptors (Lipinski definition) is 5. The minimum atomic E-state index is -1.08. The third kappa shape index (κ3) is 1.53. The second-order valence-corrected chi connectivity index (χ2v) is 3.77. The van der Waals surface area contributed by atoms with E-state index in [0.29, 0.717) is 11.0 Å². The van der Waals surface area contributed by atoms with Crippen molar-refractivity contribution in [3.8, 4) is 6.07 Å². The first kappa shape index (κ1) is 10.9. The summed E-state index contributed by atoms with van der Waals surface area (Å²) >= 11 is 0. The van der Waals surface area contributed by atoms with Crippen molar-refractivity contribution in [3.05, 3.63) is 39.8 Å². The van der Waals surface area contributed by atoms with Crippen LogP contribution >= 0.6 is 0 Å². The summed E-state index contributed by atoms with van der Waals surface area (Å²) in [5, 5.41) is 20.1. The Morgan fingerprint density at radius 3 is 2.89 bits per heavy atom. The minimum Gasteiger partial charge on any atom is -0.478 e. The Labute approximate surface area is 104 Å². The summed E-state index contributed by atoms with van der Waals surface area (Å²) < 4.78 is 1.25. The maximum atomic E-state index is 11.5. The van der Waals surface area contributed by atoms with Gasteiger partial charge in [-0.2, -0.15) is 10.2 Å². The van der Waals surface area contributed by atoms with Gasteiger partial charge in [-0.05, 0) is 18.2 Å². The van der Waals surface area contributed by atoms with Crippen molar-refractivity contribution in [2.24, 2.45) is 0 Å². The first-order chi connectivity index (χ1) is 9.10. The smallest absolute Gasteiger partial charge is 0.335 e. The SMILES string of the molecule is N#Cc1nc2nc3ccc(C(=O)O)cc3n2[nH]c1=O. The second kappa shape index (κ2) is 3.64. The molecule has 8 nitrogen and oxygen atoms in total. The van der Waals surface area contributed by atoms with Crippen molar-refractivity contribution in [2.75, 3.05) is 0 Å². The van der Waals surface area contributed by atoms with Crippen LogP contribution in [0, 0.1) is 11.3 Å². The average molecular weight is 255 g/mol. The van der Waals surface area contributed by atoms with E-state index in [4.69, 9.17) is 10.4 Å². The number of aromatic carboxylic acids is 1. The van der Waals surface area contributed by atoms with E-state index < -0.39 is 11.5 Å². The van der Waals surface area contributed by atoms with Crippen LogP contribution < -0.4 is 5.56 Å². The number of carboxylic acids is 1. The number of nitrogens with one attached hydrogen (secondary N) is 1. The first-order valence-electron chi connectivity index (χ1n) is 5.16. The number of benzene rings is 1. The molecule has 0 radical (unpaired) electrons. The lowest BCUT2D eigenvalue weighted by molar-refractivity contribution is 0.0697. The number of nitriles is 1. The van der Waals surface area contributed by atoms with Gasteiger partial charge < -0.3 is 5.11 Å². The van der Waals surface area contributed by atoms with E-state index >= 15 is 0 Å². The molecule has 92 valence electrons. The molecule has 0 saturated heterocycles. The Hall–Kier alpha value is -3.21. The highest BCUT2D eigenvalue weighted by molar-refractivity contribution is 5.93. The predicted molar refractivity (Wildman–Crippen MR) is 62.8 cm³/mol. The van der Waals surface area contributed by atoms with Crippen LogP contribution in [0.2, 0.25) is 0 Å². The van der Waals surface area contributed by atoms with Crippen LogP contribution in [0.3, 0.4) is 0 Å². The van der Waals surface area contributed by atoms with Crippen molar-refractivity contribution < 1.29 is 9.90 Å². The van der Waals surface area contributed by atoms with Crippen molar-refractivity contribution in [1.29, 1.82) is 5.26 Å². The van der Waals surface area contributed by atoms with Crippen LogP contribution in [0.25, 0.3) is 16.8 Å². The molecule has 0 spiro atoms. The number of fused-ring (bicyclic) bond motifs is 3. The molecule has 0 atom stereocenters. The van der Waals surface area contributed by atoms with Crippen molar-refractivity contribution in [3.63, 3.8) is 0 Å². The molecule has 0 aliphatic heterocycles. The average Bonchev–Trinajstić information content (AvgIpc) is 2.74. The molecule has 0 amide bonds. The number of aromatic nitrogens is 4. The number of nitrogens with zero attached hydrogens (tertiary/aromatic N) is 4. The lowest BCUT2D eigenvalue weighted by Crippen LogP contribution is -2.17. The Kier molecular flexibility index (Phi) is 2.09. The van der Waals surface area contributed by atoms with Crippen LogP contribution in [0.1, 0.15) is 16.1 Å². The zero-order chi connectivity index (χ0) is 13.6. The number of rotatable bonds is 1. The second-order valence-electron chi connectivity index (χ2n) is 3.77. The van der Waals surface area contributed by atoms with E-state index in [2.05, 4.69) is 15.1 Å². The molecular formula is C11H5N5O3. The predicted octanol–water partition coefficient (Wildman–Crippen LogP) is 0.141. The lowest BCUT2D eigenvalue weighted by Gasteiger charge is -1.96. The van der Waals surface area contributed by atoms with Gasteiger partial charge in [-0.3, -0.25) is 9.89 Å². The molecule has 2 aromatic heterocycles. The lowest BCUT2D eigenvalue weighted by atomic mass is 10.2. The molecule has 19 heavy (non-hydrogen) atoms. The number of carbonyl (C=O) groups is 1. The van der Waals surface area contributed by atoms with E-state index in [0.717, 1.165) is 0 Å². The molecule has 8 heteroatoms. The van der Waals surface area contributed by atoms with E-state index in [1.807, 2.05) is 0 Å². The highest BCUT2D eigenvalue weighted by Crippen LogP contribution is 2.15. The summed E-state index contributed by atoms with van der Waals surface area (Å²) in [6.45, 7) is 0. The molecule has 3 rings (SSSR count). The molecule has 3 aromatic rings. The van der Waals surface area contributed by atoms with Gasteiger partial charge >= 0.3 is 5.97 Å². The first-order valence-corrected chi connectivity index (χ1v) is 5.16. The minimum absolute atomic E-state index is 0.0690. The largest absolute Gasteiger partial charge is 0.478 e. The number of hydrogen-bond donors (Lipinski definition) is 2. The Morgan fingerprint density at radius 1 is 1.42 bits per heavy atom. The zero-order valence-corrected chi connectivity index (χ0v) is 9.28. The van der Waals surface area contributed by atoms with Crippen LogP contribution in [0.5, 0.6) is 0 Å². The number of H-pyrrole nitrogens is 1. The van der Waals surface area contributed by atoms with E-state index in [1.54, 1.807) is 6.07 Å². The third-order valence-corrected chi connectivity index (χ3v) is 2.63. The van der Waals surface area contributed by atoms with Gasteiger partial charge in [0.05, 0.1) is 16.6 Å². The summed E-state index contributed by atoms with van der Waals surface area (Å²) in [6, 6.07) is 5.95. The highest BCUT2D eigenvalue weighted by atomic mass is 16.4. The molecule has 2 N–H and O–H groups in total. The molecule has 2 heterocycles. The van der Waals surface area contributed by atoms with E-state index in [-0.39, 0.29) is 17.0 Å². The number of imidazole rings is 1. The maximum Gasteiger partial charge on any atom is 0.335 e. The topological polar surface area (TPSA) is 124 Å². The zero-order valence-electron chi connectivity index (χ0n) is 9.28. The van der Waals surface area contributed by atoms with Crippen molar-refractivity contribution in [2.45, 2.75) is 0 Å². The molecule has 0 saturated carbocycles. The van der Waals surface area contributed by atoms with Crippen LogP contribution in [-0.4, -0.2) is 30.7 Å². The standard InChI is InChI=1S/C11H5N5O3/c12-4-7-9(17)15-16-8-3-5(10(18)19)1-2-6(8)13-11(16)14-7/h1-3H,(H,15,17)(H,18,19). The normalized spacial score (nSPS) is 10.7. The Morgan fingerprint density at radius 2 is 2.21 bits per heavy atom. The van der Waals surface area contributed by atoms with Crippen molar-refractivity contribution in [1.82, 2.24) is 19.6 Å². The van der Waals surface area contributed by atoms with E-state index in [9.17, 15) is 9.59 Å². The van der Waals surface area contributed by atoms with Gasteiger partial charge in [0.25, 0.3) is 11.3 Å². The van der Waals surface area contributed by atoms with Crippen LogP contribution in [0.15, 0.2) is 23.0 Å². The molecular weight excluding hydrogens is 250 g/mol. The fourth-order valence-corrected chi connectivity index (χ4v) is 1.76. The molecule has 0 unspecified atom stereocenters. The van der Waals surface area contributed by atoms with Gasteiger partial charge in [-0.1, -0.05) is 0 Å². The van der Waals surface area contributed by atoms with E-state index in [1.165, 1.54) is 22.7 Å². The summed E-state index contributed by atoms with van der Waals surface area (Å²) in [4.78, 5) is 30.3. The van der Waals surface area contributed by atoms with Crippen molar-refractivity contribution >= 4 is 22.8 Å². The van der Waals surface area contributed by atoms with Gasteiger partial charge in [0.2, 0.25) is 5.69 Å². The summed E-state index contributed by atoms with van der Waals surface area (Å²) in [7, 11) is 0. The fraction of sp³-hybridized carbons (Fsp3) is 0. The van der Waals surface area contributed by atoms with Gasteiger partial charge in [-0.15, -0.1) is 0 Å².